The Balaban J connectivity index is 1.57. The van der Waals surface area contributed by atoms with Crippen molar-refractivity contribution in [1.29, 1.82) is 0 Å². The molecule has 0 amide bonds. The SMILES string of the molecule is COc1cccc(COC[C@H](O)Cn2cnc3cc(C)c(C)cc32)c1. The molecule has 25 heavy (non-hydrogen) atoms. The zero-order valence-electron chi connectivity index (χ0n) is 14.9. The first-order chi connectivity index (χ1) is 12.1. The van der Waals surface area contributed by atoms with Gasteiger partial charge in [-0.1, -0.05) is 12.1 Å². The highest BCUT2D eigenvalue weighted by Gasteiger charge is 2.10. The van der Waals surface area contributed by atoms with E-state index in [1.165, 1.54) is 11.1 Å². The first-order valence-electron chi connectivity index (χ1n) is 8.37. The summed E-state index contributed by atoms with van der Waals surface area (Å²) in [7, 11) is 1.64. The number of hydrogen-bond acceptors (Lipinski definition) is 4. The summed E-state index contributed by atoms with van der Waals surface area (Å²) < 4.78 is 12.8. The molecule has 5 heteroatoms. The molecule has 1 aromatic heterocycles. The van der Waals surface area contributed by atoms with Gasteiger partial charge in [-0.15, -0.1) is 0 Å². The molecule has 132 valence electrons. The number of aryl methyl sites for hydroxylation is 2. The molecule has 0 aliphatic rings. The van der Waals surface area contributed by atoms with Crippen molar-refractivity contribution in [3.8, 4) is 5.75 Å². The van der Waals surface area contributed by atoms with Gasteiger partial charge in [-0.3, -0.25) is 0 Å². The van der Waals surface area contributed by atoms with Crippen LogP contribution in [-0.4, -0.2) is 34.5 Å². The quantitative estimate of drug-likeness (QED) is 0.717. The van der Waals surface area contributed by atoms with E-state index in [1.807, 2.05) is 28.8 Å². The van der Waals surface area contributed by atoms with Crippen LogP contribution in [-0.2, 0) is 17.9 Å². The van der Waals surface area contributed by atoms with Crippen molar-refractivity contribution in [3.05, 3.63) is 59.4 Å². The van der Waals surface area contributed by atoms with Crippen molar-refractivity contribution in [3.63, 3.8) is 0 Å². The molecule has 0 aliphatic carbocycles. The number of nitrogens with zero attached hydrogens (tertiary/aromatic N) is 2. The Labute approximate surface area is 147 Å². The van der Waals surface area contributed by atoms with Gasteiger partial charge in [0.2, 0.25) is 0 Å². The van der Waals surface area contributed by atoms with Crippen molar-refractivity contribution >= 4 is 11.0 Å². The third kappa shape index (κ3) is 4.18. The summed E-state index contributed by atoms with van der Waals surface area (Å²) in [6.45, 7) is 5.32. The van der Waals surface area contributed by atoms with Crippen LogP contribution in [0.4, 0.5) is 0 Å². The molecule has 3 aromatic rings. The fourth-order valence-electron chi connectivity index (χ4n) is 2.81. The standard InChI is InChI=1S/C20H24N2O3/c1-14-7-19-20(8-15(14)2)22(13-21-19)10-17(23)12-25-11-16-5-4-6-18(9-16)24-3/h4-9,13,17,23H,10-12H2,1-3H3/t17-/m1/s1. The van der Waals surface area contributed by atoms with Crippen molar-refractivity contribution in [2.45, 2.75) is 33.1 Å². The van der Waals surface area contributed by atoms with Crippen molar-refractivity contribution in [2.24, 2.45) is 0 Å². The third-order valence-electron chi connectivity index (χ3n) is 4.36. The average molecular weight is 340 g/mol. The first-order valence-corrected chi connectivity index (χ1v) is 8.37. The van der Waals surface area contributed by atoms with Gasteiger partial charge < -0.3 is 19.1 Å². The van der Waals surface area contributed by atoms with Crippen LogP contribution in [0.1, 0.15) is 16.7 Å². The van der Waals surface area contributed by atoms with E-state index in [2.05, 4.69) is 31.0 Å². The lowest BCUT2D eigenvalue weighted by Gasteiger charge is -2.13. The van der Waals surface area contributed by atoms with E-state index >= 15 is 0 Å². The second-order valence-corrected chi connectivity index (χ2v) is 6.34. The zero-order valence-corrected chi connectivity index (χ0v) is 14.9. The molecule has 1 N–H and O–H groups in total. The van der Waals surface area contributed by atoms with E-state index in [4.69, 9.17) is 9.47 Å². The van der Waals surface area contributed by atoms with Gasteiger partial charge in [0.1, 0.15) is 5.75 Å². The molecule has 0 unspecified atom stereocenters. The zero-order chi connectivity index (χ0) is 17.8. The molecular formula is C20H24N2O3. The lowest BCUT2D eigenvalue weighted by molar-refractivity contribution is 0.0208. The van der Waals surface area contributed by atoms with Gasteiger partial charge in [0.15, 0.2) is 0 Å². The summed E-state index contributed by atoms with van der Waals surface area (Å²) in [6, 6.07) is 11.9. The second-order valence-electron chi connectivity index (χ2n) is 6.34. The average Bonchev–Trinajstić information content (AvgIpc) is 2.97. The highest BCUT2D eigenvalue weighted by Crippen LogP contribution is 2.19. The van der Waals surface area contributed by atoms with Crippen LogP contribution >= 0.6 is 0 Å². The Bertz CT molecular complexity index is 857. The molecule has 2 aromatic carbocycles. The molecule has 0 fully saturated rings. The molecule has 1 atom stereocenters. The van der Waals surface area contributed by atoms with E-state index in [9.17, 15) is 5.11 Å². The lowest BCUT2D eigenvalue weighted by Crippen LogP contribution is -2.21. The third-order valence-corrected chi connectivity index (χ3v) is 4.36. The molecule has 0 spiro atoms. The number of benzene rings is 2. The molecule has 0 radical (unpaired) electrons. The summed E-state index contributed by atoms with van der Waals surface area (Å²) >= 11 is 0. The number of aliphatic hydroxyl groups excluding tert-OH is 1. The molecule has 0 aliphatic heterocycles. The fraction of sp³-hybridized carbons (Fsp3) is 0.350. The summed E-state index contributed by atoms with van der Waals surface area (Å²) in [5.41, 5.74) is 5.45. The number of aromatic nitrogens is 2. The van der Waals surface area contributed by atoms with E-state index in [0.29, 0.717) is 13.2 Å². The predicted octanol–water partition coefficient (Wildman–Crippen LogP) is 3.24. The Morgan fingerprint density at radius 3 is 2.76 bits per heavy atom. The largest absolute Gasteiger partial charge is 0.497 e. The summed E-state index contributed by atoms with van der Waals surface area (Å²) in [5.74, 6) is 0.803. The monoisotopic (exact) mass is 340 g/mol. The van der Waals surface area contributed by atoms with Crippen LogP contribution in [0.2, 0.25) is 0 Å². The van der Waals surface area contributed by atoms with Crippen LogP contribution in [0.25, 0.3) is 11.0 Å². The molecule has 0 saturated heterocycles. The molecule has 3 rings (SSSR count). The van der Waals surface area contributed by atoms with Gasteiger partial charge in [0.25, 0.3) is 0 Å². The van der Waals surface area contributed by atoms with Crippen molar-refractivity contribution in [2.75, 3.05) is 13.7 Å². The number of rotatable bonds is 7. The van der Waals surface area contributed by atoms with Crippen molar-refractivity contribution in [1.82, 2.24) is 9.55 Å². The maximum atomic E-state index is 10.3. The highest BCUT2D eigenvalue weighted by molar-refractivity contribution is 5.77. The molecule has 1 heterocycles. The molecule has 0 saturated carbocycles. The summed E-state index contributed by atoms with van der Waals surface area (Å²) in [4.78, 5) is 4.42. The van der Waals surface area contributed by atoms with Gasteiger partial charge in [-0.25, -0.2) is 4.98 Å². The number of fused-ring (bicyclic) bond motifs is 1. The number of hydrogen-bond donors (Lipinski definition) is 1. The maximum Gasteiger partial charge on any atom is 0.119 e. The number of methoxy groups -OCH3 is 1. The van der Waals surface area contributed by atoms with Gasteiger partial charge in [0, 0.05) is 0 Å². The van der Waals surface area contributed by atoms with Crippen LogP contribution < -0.4 is 4.74 Å². The van der Waals surface area contributed by atoms with Crippen molar-refractivity contribution < 1.29 is 14.6 Å². The van der Waals surface area contributed by atoms with E-state index in [1.54, 1.807) is 13.4 Å². The van der Waals surface area contributed by atoms with Gasteiger partial charge >= 0.3 is 0 Å². The normalized spacial score (nSPS) is 12.5. The molecular weight excluding hydrogens is 316 g/mol. The number of imidazole rings is 1. The Kier molecular flexibility index (Phi) is 5.36. The van der Waals surface area contributed by atoms with Gasteiger partial charge in [-0.2, -0.15) is 0 Å². The van der Waals surface area contributed by atoms with Crippen LogP contribution in [0, 0.1) is 13.8 Å². The minimum atomic E-state index is -0.593. The molecule has 5 nitrogen and oxygen atoms in total. The number of ether oxygens (including phenoxy) is 2. The first kappa shape index (κ1) is 17.5. The minimum absolute atomic E-state index is 0.266. The highest BCUT2D eigenvalue weighted by atomic mass is 16.5. The van der Waals surface area contributed by atoms with Crippen LogP contribution in [0.3, 0.4) is 0 Å². The van der Waals surface area contributed by atoms with Crippen LogP contribution in [0.5, 0.6) is 5.75 Å². The van der Waals surface area contributed by atoms with E-state index < -0.39 is 6.10 Å². The smallest absolute Gasteiger partial charge is 0.119 e. The van der Waals surface area contributed by atoms with E-state index in [0.717, 1.165) is 22.3 Å². The second kappa shape index (κ2) is 7.68. The van der Waals surface area contributed by atoms with Gasteiger partial charge in [0.05, 0.1) is 50.3 Å². The predicted molar refractivity (Wildman–Crippen MR) is 97.9 cm³/mol. The number of aliphatic hydroxyl groups is 1. The summed E-state index contributed by atoms with van der Waals surface area (Å²) in [5, 5.41) is 10.3. The maximum absolute atomic E-state index is 10.3. The Morgan fingerprint density at radius 2 is 1.96 bits per heavy atom. The summed E-state index contributed by atoms with van der Waals surface area (Å²) in [6.07, 6.45) is 1.18. The Hall–Kier alpha value is -2.37. The topological polar surface area (TPSA) is 56.5 Å². The van der Waals surface area contributed by atoms with Gasteiger partial charge in [-0.05, 0) is 54.8 Å². The van der Waals surface area contributed by atoms with Crippen LogP contribution in [0.15, 0.2) is 42.7 Å². The molecule has 0 bridgehead atoms. The van der Waals surface area contributed by atoms with E-state index in [-0.39, 0.29) is 6.61 Å². The Morgan fingerprint density at radius 1 is 1.16 bits per heavy atom. The minimum Gasteiger partial charge on any atom is -0.497 e. The lowest BCUT2D eigenvalue weighted by atomic mass is 10.1. The fourth-order valence-corrected chi connectivity index (χ4v) is 2.81.